The lowest BCUT2D eigenvalue weighted by atomic mass is 10.1. The molecule has 2 aromatic rings. The number of hydrogen-bond acceptors (Lipinski definition) is 6. The van der Waals surface area contributed by atoms with E-state index in [1.165, 1.54) is 24.3 Å². The monoisotopic (exact) mass is 366 g/mol. The van der Waals surface area contributed by atoms with Gasteiger partial charge in [0.2, 0.25) is 17.4 Å². The second-order valence-corrected chi connectivity index (χ2v) is 6.25. The summed E-state index contributed by atoms with van der Waals surface area (Å²) in [6.07, 6.45) is -2.48. The standard InChI is InChI=1S/C17H14FNO5S/c18-13-8-6-12(7-9-13)15-14(20)16(17(19)23-15)24-25(21,22)10-11-4-2-1-3-5-11/h1-9,15H,10,19H2/t15-/m0/s1/i10D2,15D. The third kappa shape index (κ3) is 3.80. The van der Waals surface area contributed by atoms with Crippen molar-refractivity contribution in [2.24, 2.45) is 5.73 Å². The molecule has 0 saturated carbocycles. The Bertz CT molecular complexity index is 1060. The van der Waals surface area contributed by atoms with E-state index >= 15 is 0 Å². The van der Waals surface area contributed by atoms with Crippen molar-refractivity contribution in [3.8, 4) is 0 Å². The van der Waals surface area contributed by atoms with Crippen molar-refractivity contribution in [1.82, 2.24) is 0 Å². The van der Waals surface area contributed by atoms with Crippen molar-refractivity contribution in [3.05, 3.63) is 83.2 Å². The zero-order chi connectivity index (χ0) is 20.7. The van der Waals surface area contributed by atoms with E-state index in [-0.39, 0.29) is 11.1 Å². The summed E-state index contributed by atoms with van der Waals surface area (Å²) in [5.41, 5.74) is 2.19. The summed E-state index contributed by atoms with van der Waals surface area (Å²) in [7, 11) is -5.05. The van der Waals surface area contributed by atoms with Crippen LogP contribution in [0.1, 0.15) is 21.3 Å². The average molecular weight is 366 g/mol. The highest BCUT2D eigenvalue weighted by molar-refractivity contribution is 7.86. The molecule has 0 aliphatic carbocycles. The maximum Gasteiger partial charge on any atom is 0.313 e. The minimum atomic E-state index is -5.05. The molecule has 130 valence electrons. The molecule has 0 radical (unpaired) electrons. The van der Waals surface area contributed by atoms with Crippen LogP contribution in [0, 0.1) is 5.82 Å². The predicted molar refractivity (Wildman–Crippen MR) is 86.6 cm³/mol. The molecule has 1 heterocycles. The van der Waals surface area contributed by atoms with Crippen LogP contribution < -0.4 is 5.73 Å². The molecule has 0 fully saturated rings. The van der Waals surface area contributed by atoms with E-state index in [1.54, 1.807) is 6.07 Å². The van der Waals surface area contributed by atoms with Crippen LogP contribution in [0.15, 0.2) is 66.2 Å². The smallest absolute Gasteiger partial charge is 0.313 e. The Morgan fingerprint density at radius 3 is 2.48 bits per heavy atom. The Hall–Kier alpha value is -2.87. The largest absolute Gasteiger partial charge is 0.460 e. The highest BCUT2D eigenvalue weighted by Gasteiger charge is 2.39. The number of rotatable bonds is 5. The molecule has 8 heteroatoms. The maximum absolute atomic E-state index is 13.1. The van der Waals surface area contributed by atoms with E-state index < -0.39 is 45.1 Å². The number of Topliss-reactive ketones (excluding diaryl/α,β-unsaturated/α-hetero) is 1. The van der Waals surface area contributed by atoms with E-state index in [0.29, 0.717) is 0 Å². The molecule has 2 aromatic carbocycles. The number of ketones is 1. The maximum atomic E-state index is 13.1. The molecule has 0 unspecified atom stereocenters. The van der Waals surface area contributed by atoms with Gasteiger partial charge in [-0.05, 0) is 17.7 Å². The predicted octanol–water partition coefficient (Wildman–Crippen LogP) is 2.14. The third-order valence-electron chi connectivity index (χ3n) is 3.16. The Morgan fingerprint density at radius 1 is 1.20 bits per heavy atom. The molecule has 3 rings (SSSR count). The molecule has 1 aliphatic heterocycles. The van der Waals surface area contributed by atoms with Crippen molar-refractivity contribution in [1.29, 1.82) is 0 Å². The van der Waals surface area contributed by atoms with Crippen LogP contribution in [0.3, 0.4) is 0 Å². The second-order valence-electron chi connectivity index (χ2n) is 4.97. The fraction of sp³-hybridized carbons (Fsp3) is 0.118. The van der Waals surface area contributed by atoms with Gasteiger partial charge in [-0.3, -0.25) is 4.79 Å². The fourth-order valence-electron chi connectivity index (χ4n) is 2.07. The van der Waals surface area contributed by atoms with Gasteiger partial charge in [0.1, 0.15) is 11.5 Å². The molecule has 1 atom stereocenters. The fourth-order valence-corrected chi connectivity index (χ4v) is 2.91. The summed E-state index contributed by atoms with van der Waals surface area (Å²) in [6, 6.07) is 11.1. The molecular weight excluding hydrogens is 349 g/mol. The van der Waals surface area contributed by atoms with Crippen molar-refractivity contribution in [2.45, 2.75) is 11.8 Å². The average Bonchev–Trinajstić information content (AvgIpc) is 2.86. The van der Waals surface area contributed by atoms with Crippen molar-refractivity contribution >= 4 is 15.9 Å². The quantitative estimate of drug-likeness (QED) is 0.815. The SMILES string of the molecule is [2H]C([2H])(c1ccccc1)S(=O)(=O)OC1=C(N)O[C@@]([2H])(c2ccc(F)cc2)C1=O. The first kappa shape index (κ1) is 13.4. The van der Waals surface area contributed by atoms with Crippen LogP contribution in [-0.4, -0.2) is 14.2 Å². The number of halogens is 1. The lowest BCUT2D eigenvalue weighted by molar-refractivity contribution is -0.123. The van der Waals surface area contributed by atoms with Crippen LogP contribution in [0.2, 0.25) is 0 Å². The first-order valence-electron chi connectivity index (χ1n) is 8.48. The first-order chi connectivity index (χ1) is 13.0. The molecule has 0 spiro atoms. The highest BCUT2D eigenvalue weighted by atomic mass is 32.2. The summed E-state index contributed by atoms with van der Waals surface area (Å²) in [5, 5.41) is 0. The summed E-state index contributed by atoms with van der Waals surface area (Å²) in [6.45, 7) is 0. The zero-order valence-corrected chi connectivity index (χ0v) is 13.4. The van der Waals surface area contributed by atoms with E-state index in [0.717, 1.165) is 24.3 Å². The van der Waals surface area contributed by atoms with Gasteiger partial charge in [-0.15, -0.1) is 0 Å². The molecule has 0 amide bonds. The highest BCUT2D eigenvalue weighted by Crippen LogP contribution is 2.32. The third-order valence-corrected chi connectivity index (χ3v) is 4.04. The normalized spacial score (nSPS) is 22.8. The molecule has 6 nitrogen and oxygen atoms in total. The number of hydrogen-bond donors (Lipinski definition) is 1. The number of nitrogens with two attached hydrogens (primary N) is 1. The van der Waals surface area contributed by atoms with Crippen LogP contribution in [0.25, 0.3) is 0 Å². The second kappa shape index (κ2) is 6.56. The molecule has 1 aliphatic rings. The topological polar surface area (TPSA) is 95.7 Å². The minimum absolute atomic E-state index is 0.107. The van der Waals surface area contributed by atoms with Crippen LogP contribution in [-0.2, 0) is 29.5 Å². The van der Waals surface area contributed by atoms with Crippen molar-refractivity contribution < 1.29 is 30.6 Å². The van der Waals surface area contributed by atoms with Crippen LogP contribution in [0.4, 0.5) is 4.39 Å². The summed E-state index contributed by atoms with van der Waals surface area (Å²) < 4.78 is 71.7. The van der Waals surface area contributed by atoms with Crippen molar-refractivity contribution in [2.75, 3.05) is 0 Å². The van der Waals surface area contributed by atoms with Gasteiger partial charge in [-0.25, -0.2) is 4.39 Å². The Labute approximate surface area is 148 Å². The number of ether oxygens (including phenoxy) is 1. The van der Waals surface area contributed by atoms with E-state index in [2.05, 4.69) is 4.18 Å². The lowest BCUT2D eigenvalue weighted by Gasteiger charge is -2.09. The lowest BCUT2D eigenvalue weighted by Crippen LogP contribution is -2.16. The summed E-state index contributed by atoms with van der Waals surface area (Å²) >= 11 is 0. The van der Waals surface area contributed by atoms with Crippen LogP contribution >= 0.6 is 0 Å². The molecule has 0 saturated heterocycles. The summed E-state index contributed by atoms with van der Waals surface area (Å²) in [4.78, 5) is 12.6. The molecule has 25 heavy (non-hydrogen) atoms. The van der Waals surface area contributed by atoms with Crippen molar-refractivity contribution in [3.63, 3.8) is 0 Å². The van der Waals surface area contributed by atoms with Gasteiger partial charge >= 0.3 is 10.1 Å². The molecule has 0 aromatic heterocycles. The Kier molecular flexibility index (Phi) is 3.52. The number of carbonyl (C=O) groups is 1. The number of carbonyl (C=O) groups excluding carboxylic acids is 1. The van der Waals surface area contributed by atoms with Gasteiger partial charge in [0.15, 0.2) is 6.08 Å². The first-order valence-corrected chi connectivity index (χ1v) is 8.39. The van der Waals surface area contributed by atoms with Gasteiger partial charge in [0, 0.05) is 5.56 Å². The van der Waals surface area contributed by atoms with Gasteiger partial charge in [-0.1, -0.05) is 42.5 Å². The molecular formula is C17H14FNO5S. The van der Waals surface area contributed by atoms with Crippen LogP contribution in [0.5, 0.6) is 0 Å². The number of benzene rings is 2. The van der Waals surface area contributed by atoms with E-state index in [9.17, 15) is 17.6 Å². The Morgan fingerprint density at radius 2 is 1.84 bits per heavy atom. The minimum Gasteiger partial charge on any atom is -0.460 e. The van der Waals surface area contributed by atoms with E-state index in [1.807, 2.05) is 0 Å². The van der Waals surface area contributed by atoms with E-state index in [4.69, 9.17) is 14.6 Å². The summed E-state index contributed by atoms with van der Waals surface area (Å²) in [5.74, 6) is -3.69. The van der Waals surface area contributed by atoms with Gasteiger partial charge in [0.05, 0.1) is 4.11 Å². The Balaban J connectivity index is 1.93. The molecule has 2 N–H and O–H groups in total. The van der Waals surface area contributed by atoms with Gasteiger partial charge < -0.3 is 14.7 Å². The van der Waals surface area contributed by atoms with Gasteiger partial charge in [-0.2, -0.15) is 8.42 Å². The van der Waals surface area contributed by atoms with Gasteiger partial charge in [0.25, 0.3) is 0 Å². The molecule has 0 bridgehead atoms. The zero-order valence-electron chi connectivity index (χ0n) is 15.6.